The van der Waals surface area contributed by atoms with E-state index >= 15 is 0 Å². The lowest BCUT2D eigenvalue weighted by Crippen LogP contribution is -2.42. The lowest BCUT2D eigenvalue weighted by atomic mass is 10.2. The van der Waals surface area contributed by atoms with Gasteiger partial charge >= 0.3 is 5.97 Å². The van der Waals surface area contributed by atoms with Crippen LogP contribution in [-0.4, -0.2) is 52.0 Å². The third kappa shape index (κ3) is 4.71. The van der Waals surface area contributed by atoms with Crippen molar-refractivity contribution in [2.45, 2.75) is 18.6 Å². The van der Waals surface area contributed by atoms with Crippen molar-refractivity contribution in [1.29, 1.82) is 0 Å². The van der Waals surface area contributed by atoms with Crippen molar-refractivity contribution < 1.29 is 23.6 Å². The Hall–Kier alpha value is -0.950. The number of hydrogen-bond donors (Lipinski definition) is 2. The number of nitrogens with one attached hydrogen (secondary N) is 1. The third-order valence-corrected chi connectivity index (χ3v) is 3.81. The molecule has 0 aromatic carbocycles. The van der Waals surface area contributed by atoms with Crippen molar-refractivity contribution in [3.63, 3.8) is 0 Å². The Bertz CT molecular complexity index is 290. The molecule has 2 N–H and O–H groups in total. The first-order valence-electron chi connectivity index (χ1n) is 4.70. The zero-order valence-electron chi connectivity index (χ0n) is 9.61. The number of methoxy groups -OCH3 is 1. The van der Waals surface area contributed by atoms with Crippen molar-refractivity contribution >= 4 is 22.7 Å². The summed E-state index contributed by atoms with van der Waals surface area (Å²) in [6.45, 7) is 3.34. The van der Waals surface area contributed by atoms with Gasteiger partial charge in [0.2, 0.25) is 5.91 Å². The van der Waals surface area contributed by atoms with Gasteiger partial charge in [0, 0.05) is 24.5 Å². The van der Waals surface area contributed by atoms with Crippen LogP contribution in [0.3, 0.4) is 0 Å². The predicted octanol–water partition coefficient (Wildman–Crippen LogP) is -0.639. The number of carboxylic acid groups (broad SMARTS) is 1. The number of rotatable bonds is 7. The molecule has 7 heteroatoms. The zero-order chi connectivity index (χ0) is 12.8. The molecule has 6 nitrogen and oxygen atoms in total. The summed E-state index contributed by atoms with van der Waals surface area (Å²) in [7, 11) is -0.251. The minimum absolute atomic E-state index is 0.316. The van der Waals surface area contributed by atoms with E-state index in [1.165, 1.54) is 21.0 Å². The van der Waals surface area contributed by atoms with Gasteiger partial charge in [-0.1, -0.05) is 0 Å². The lowest BCUT2D eigenvalue weighted by Gasteiger charge is -2.17. The van der Waals surface area contributed by atoms with E-state index in [4.69, 9.17) is 9.84 Å². The van der Waals surface area contributed by atoms with Crippen LogP contribution < -0.4 is 5.32 Å². The van der Waals surface area contributed by atoms with Crippen molar-refractivity contribution in [2.75, 3.05) is 26.0 Å². The van der Waals surface area contributed by atoms with Crippen molar-refractivity contribution in [3.8, 4) is 0 Å². The summed E-state index contributed by atoms with van der Waals surface area (Å²) in [6.07, 6.45) is 0. The molecule has 1 atom stereocenters. The molecule has 0 spiro atoms. The Morgan fingerprint density at radius 2 is 2.00 bits per heavy atom. The Morgan fingerprint density at radius 1 is 1.44 bits per heavy atom. The van der Waals surface area contributed by atoms with E-state index in [-0.39, 0.29) is 5.75 Å². The molecule has 0 saturated carbocycles. The second kappa shape index (κ2) is 6.59. The first kappa shape index (κ1) is 15.0. The average Bonchev–Trinajstić information content (AvgIpc) is 2.17. The van der Waals surface area contributed by atoms with Gasteiger partial charge in [-0.3, -0.25) is 13.8 Å². The van der Waals surface area contributed by atoms with E-state index in [1.54, 1.807) is 0 Å². The lowest BCUT2D eigenvalue weighted by molar-refractivity contribution is -0.139. The van der Waals surface area contributed by atoms with Crippen LogP contribution in [0.15, 0.2) is 0 Å². The summed E-state index contributed by atoms with van der Waals surface area (Å²) in [5.41, 5.74) is 0. The van der Waals surface area contributed by atoms with Crippen molar-refractivity contribution in [3.05, 3.63) is 0 Å². The molecule has 94 valence electrons. The van der Waals surface area contributed by atoms with Gasteiger partial charge in [-0.05, 0) is 13.8 Å². The molecule has 0 radical (unpaired) electrons. The second-order valence-electron chi connectivity index (χ2n) is 3.65. The van der Waals surface area contributed by atoms with Crippen LogP contribution >= 0.6 is 0 Å². The predicted molar refractivity (Wildman–Crippen MR) is 59.6 cm³/mol. The highest BCUT2D eigenvalue weighted by molar-refractivity contribution is 7.87. The van der Waals surface area contributed by atoms with Gasteiger partial charge in [-0.25, -0.2) is 0 Å². The summed E-state index contributed by atoms with van der Waals surface area (Å²) < 4.78 is 14.9. The van der Waals surface area contributed by atoms with E-state index in [1.807, 2.05) is 0 Å². The minimum atomic E-state index is -1.75. The van der Waals surface area contributed by atoms with E-state index in [9.17, 15) is 13.8 Å². The fourth-order valence-corrected chi connectivity index (χ4v) is 1.64. The average molecular weight is 251 g/mol. The first-order valence-corrected chi connectivity index (χ1v) is 6.01. The third-order valence-electron chi connectivity index (χ3n) is 1.97. The number of carbonyl (C=O) groups is 2. The number of carboxylic acids is 1. The molecule has 0 aromatic rings. The quantitative estimate of drug-likeness (QED) is 0.587. The van der Waals surface area contributed by atoms with Crippen molar-refractivity contribution in [2.24, 2.45) is 0 Å². The zero-order valence-corrected chi connectivity index (χ0v) is 10.4. The maximum atomic E-state index is 11.6. The molecule has 1 unspecified atom stereocenters. The monoisotopic (exact) mass is 251 g/mol. The SMILES string of the molecule is COCCNC(=O)CS(=O)C(C)(C)C(=O)O. The topological polar surface area (TPSA) is 92.7 Å². The standard InChI is InChI=1S/C9H17NO5S/c1-9(2,8(12)13)16(14)6-7(11)10-4-5-15-3/h4-6H2,1-3H3,(H,10,11)(H,12,13). The van der Waals surface area contributed by atoms with Gasteiger partial charge in [-0.2, -0.15) is 0 Å². The number of hydrogen-bond acceptors (Lipinski definition) is 4. The number of carbonyl (C=O) groups excluding carboxylic acids is 1. The van der Waals surface area contributed by atoms with Crippen molar-refractivity contribution in [1.82, 2.24) is 5.32 Å². The Labute approximate surface area is 96.8 Å². The van der Waals surface area contributed by atoms with E-state index < -0.39 is 27.4 Å². The van der Waals surface area contributed by atoms with Crippen LogP contribution in [0, 0.1) is 0 Å². The molecule has 0 bridgehead atoms. The Morgan fingerprint density at radius 3 is 2.44 bits per heavy atom. The highest BCUT2D eigenvalue weighted by atomic mass is 32.2. The van der Waals surface area contributed by atoms with Gasteiger partial charge in [-0.15, -0.1) is 0 Å². The van der Waals surface area contributed by atoms with Crippen LogP contribution in [0.5, 0.6) is 0 Å². The minimum Gasteiger partial charge on any atom is -0.480 e. The molecular formula is C9H17NO5S. The summed E-state index contributed by atoms with van der Waals surface area (Å²) in [6, 6.07) is 0. The molecule has 0 aliphatic rings. The molecule has 1 amide bonds. The molecule has 0 fully saturated rings. The molecule has 0 aromatic heterocycles. The number of amides is 1. The maximum absolute atomic E-state index is 11.6. The van der Waals surface area contributed by atoms with Crippen LogP contribution in [0.4, 0.5) is 0 Å². The Kier molecular flexibility index (Phi) is 6.20. The van der Waals surface area contributed by atoms with E-state index in [2.05, 4.69) is 5.32 Å². The summed E-state index contributed by atoms with van der Waals surface area (Å²) in [5.74, 6) is -1.94. The first-order chi connectivity index (χ1) is 7.32. The fourth-order valence-electron chi connectivity index (χ4n) is 0.740. The molecule has 16 heavy (non-hydrogen) atoms. The summed E-state index contributed by atoms with van der Waals surface area (Å²) in [4.78, 5) is 22.0. The van der Waals surface area contributed by atoms with Crippen LogP contribution in [0.25, 0.3) is 0 Å². The largest absolute Gasteiger partial charge is 0.480 e. The normalized spacial score (nSPS) is 13.2. The van der Waals surface area contributed by atoms with Crippen LogP contribution in [0.1, 0.15) is 13.8 Å². The van der Waals surface area contributed by atoms with Gasteiger partial charge in [0.05, 0.1) is 6.61 Å². The summed E-state index contributed by atoms with van der Waals surface area (Å²) in [5, 5.41) is 11.3. The van der Waals surface area contributed by atoms with E-state index in [0.717, 1.165) is 0 Å². The second-order valence-corrected chi connectivity index (χ2v) is 5.65. The maximum Gasteiger partial charge on any atom is 0.321 e. The molecule has 0 heterocycles. The van der Waals surface area contributed by atoms with Gasteiger partial charge in [0.15, 0.2) is 0 Å². The highest BCUT2D eigenvalue weighted by Gasteiger charge is 2.35. The smallest absolute Gasteiger partial charge is 0.321 e. The van der Waals surface area contributed by atoms with Crippen LogP contribution in [-0.2, 0) is 25.1 Å². The summed E-state index contributed by atoms with van der Waals surface area (Å²) >= 11 is 0. The Balaban J connectivity index is 4.14. The molecular weight excluding hydrogens is 234 g/mol. The number of aliphatic carboxylic acids is 1. The fraction of sp³-hybridized carbons (Fsp3) is 0.778. The van der Waals surface area contributed by atoms with Gasteiger partial charge in [0.25, 0.3) is 0 Å². The van der Waals surface area contributed by atoms with Gasteiger partial charge in [0.1, 0.15) is 10.5 Å². The molecule has 0 saturated heterocycles. The molecule has 0 rings (SSSR count). The van der Waals surface area contributed by atoms with Gasteiger partial charge < -0.3 is 15.2 Å². The highest BCUT2D eigenvalue weighted by Crippen LogP contribution is 2.12. The van der Waals surface area contributed by atoms with Crippen LogP contribution in [0.2, 0.25) is 0 Å². The molecule has 0 aliphatic heterocycles. The number of ether oxygens (including phenoxy) is 1. The molecule has 0 aliphatic carbocycles. The van der Waals surface area contributed by atoms with E-state index in [0.29, 0.717) is 13.2 Å².